The van der Waals surface area contributed by atoms with E-state index in [0.717, 1.165) is 55.4 Å². The first-order chi connectivity index (χ1) is 18.5. The molecule has 0 radical (unpaired) electrons. The van der Waals surface area contributed by atoms with Gasteiger partial charge in [-0.2, -0.15) is 0 Å². The van der Waals surface area contributed by atoms with Gasteiger partial charge in [0.2, 0.25) is 0 Å². The fourth-order valence-electron chi connectivity index (χ4n) is 5.53. The van der Waals surface area contributed by atoms with Crippen LogP contribution in [0.15, 0.2) is 67.5 Å². The highest BCUT2D eigenvalue weighted by Crippen LogP contribution is 2.45. The smallest absolute Gasteiger partial charge is 0.200 e. The van der Waals surface area contributed by atoms with Gasteiger partial charge in [-0.05, 0) is 49.6 Å². The summed E-state index contributed by atoms with van der Waals surface area (Å²) in [6, 6.07) is 15.8. The Labute approximate surface area is 227 Å². The molecule has 0 unspecified atom stereocenters. The van der Waals surface area contributed by atoms with E-state index in [1.165, 1.54) is 16.0 Å². The third kappa shape index (κ3) is 5.64. The van der Waals surface area contributed by atoms with Gasteiger partial charge in [0, 0.05) is 60.2 Å². The zero-order valence-corrected chi connectivity index (χ0v) is 22.8. The number of hydrogen-bond acceptors (Lipinski definition) is 8. The van der Waals surface area contributed by atoms with E-state index in [2.05, 4.69) is 47.9 Å². The van der Waals surface area contributed by atoms with E-state index in [1.54, 1.807) is 23.9 Å². The standard InChI is InChI=1S/C30H34N2O5S/c1-20-18-31(19-21(2)36-20)8-13-35-25-6-7-28-23(15-25)14-22-4-3-5-26(30(22)38-28)27-16-24(33)17-29(37-27)32-9-11-34-12-10-32/h3-7,15-17,20-21H,8-14,18-19H2,1-2H3/t20-,21+. The van der Waals surface area contributed by atoms with Crippen LogP contribution in [-0.4, -0.2) is 69.7 Å². The van der Waals surface area contributed by atoms with Gasteiger partial charge in [0.15, 0.2) is 11.3 Å². The Balaban J connectivity index is 1.18. The number of benzene rings is 2. The lowest BCUT2D eigenvalue weighted by atomic mass is 10.0. The minimum absolute atomic E-state index is 0.0469. The number of rotatable bonds is 6. The topological polar surface area (TPSA) is 64.4 Å². The highest BCUT2D eigenvalue weighted by molar-refractivity contribution is 7.99. The molecular weight excluding hydrogens is 500 g/mol. The molecule has 2 fully saturated rings. The van der Waals surface area contributed by atoms with Crippen molar-refractivity contribution in [1.82, 2.24) is 4.90 Å². The number of morpholine rings is 2. The summed E-state index contributed by atoms with van der Waals surface area (Å²) >= 11 is 1.73. The second-order valence-corrected chi connectivity index (χ2v) is 11.4. The lowest BCUT2D eigenvalue weighted by molar-refractivity contribution is -0.0699. The fraction of sp³-hybridized carbons (Fsp3) is 0.433. The summed E-state index contributed by atoms with van der Waals surface area (Å²) in [6.45, 7) is 10.4. The summed E-state index contributed by atoms with van der Waals surface area (Å²) in [5, 5.41) is 0. The highest BCUT2D eigenvalue weighted by Gasteiger charge is 2.24. The Kier molecular flexibility index (Phi) is 7.48. The zero-order valence-electron chi connectivity index (χ0n) is 22.0. The van der Waals surface area contributed by atoms with Crippen LogP contribution in [0.4, 0.5) is 5.88 Å². The number of ether oxygens (including phenoxy) is 3. The van der Waals surface area contributed by atoms with Crippen molar-refractivity contribution in [1.29, 1.82) is 0 Å². The maximum Gasteiger partial charge on any atom is 0.200 e. The first kappa shape index (κ1) is 25.5. The largest absolute Gasteiger partial charge is 0.492 e. The van der Waals surface area contributed by atoms with Crippen molar-refractivity contribution in [2.24, 2.45) is 0 Å². The van der Waals surface area contributed by atoms with Crippen molar-refractivity contribution in [3.8, 4) is 17.1 Å². The molecule has 3 aliphatic rings. The summed E-state index contributed by atoms with van der Waals surface area (Å²) in [7, 11) is 0. The molecule has 3 aliphatic heterocycles. The minimum atomic E-state index is -0.0469. The van der Waals surface area contributed by atoms with Crippen LogP contribution in [0.5, 0.6) is 5.75 Å². The van der Waals surface area contributed by atoms with Crippen LogP contribution in [0.1, 0.15) is 25.0 Å². The summed E-state index contributed by atoms with van der Waals surface area (Å²) in [5.41, 5.74) is 3.40. The van der Waals surface area contributed by atoms with Crippen molar-refractivity contribution in [3.05, 3.63) is 69.9 Å². The Morgan fingerprint density at radius 1 is 1.00 bits per heavy atom. The predicted octanol–water partition coefficient (Wildman–Crippen LogP) is 4.69. The van der Waals surface area contributed by atoms with E-state index in [1.807, 2.05) is 12.1 Å². The SMILES string of the molecule is C[C@@H]1CN(CCOc2ccc3c(c2)Cc2cccc(-c4cc(=O)cc(N5CCOCC5)o4)c2S3)C[C@H](C)O1. The number of fused-ring (bicyclic) bond motifs is 2. The molecule has 1 aromatic heterocycles. The fourth-order valence-corrected chi connectivity index (χ4v) is 6.70. The Hall–Kier alpha value is -2.78. The third-order valence-electron chi connectivity index (χ3n) is 7.23. The van der Waals surface area contributed by atoms with Gasteiger partial charge >= 0.3 is 0 Å². The second kappa shape index (κ2) is 11.1. The molecule has 7 nitrogen and oxygen atoms in total. The van der Waals surface area contributed by atoms with Crippen LogP contribution in [0.3, 0.4) is 0 Å². The maximum absolute atomic E-state index is 12.6. The number of anilines is 1. The molecule has 0 bridgehead atoms. The van der Waals surface area contributed by atoms with Crippen molar-refractivity contribution >= 4 is 17.6 Å². The van der Waals surface area contributed by atoms with Gasteiger partial charge in [0.25, 0.3) is 0 Å². The van der Waals surface area contributed by atoms with Crippen LogP contribution in [0.2, 0.25) is 0 Å². The summed E-state index contributed by atoms with van der Waals surface area (Å²) in [4.78, 5) is 19.4. The lowest BCUT2D eigenvalue weighted by Gasteiger charge is -2.35. The molecule has 0 amide bonds. The van der Waals surface area contributed by atoms with E-state index in [4.69, 9.17) is 18.6 Å². The molecule has 6 rings (SSSR count). The van der Waals surface area contributed by atoms with Gasteiger partial charge in [0.1, 0.15) is 18.1 Å². The second-order valence-electron chi connectivity index (χ2n) is 10.3. The van der Waals surface area contributed by atoms with Gasteiger partial charge < -0.3 is 23.5 Å². The van der Waals surface area contributed by atoms with E-state index < -0.39 is 0 Å². The molecule has 200 valence electrons. The van der Waals surface area contributed by atoms with Gasteiger partial charge in [0.05, 0.1) is 25.4 Å². The lowest BCUT2D eigenvalue weighted by Crippen LogP contribution is -2.46. The third-order valence-corrected chi connectivity index (χ3v) is 8.54. The molecule has 4 heterocycles. The molecule has 0 aliphatic carbocycles. The van der Waals surface area contributed by atoms with E-state index in [9.17, 15) is 4.79 Å². The van der Waals surface area contributed by atoms with Gasteiger partial charge in [-0.3, -0.25) is 9.69 Å². The summed E-state index contributed by atoms with van der Waals surface area (Å²) in [6.07, 6.45) is 1.34. The number of nitrogens with zero attached hydrogens (tertiary/aromatic N) is 2. The van der Waals surface area contributed by atoms with Crippen molar-refractivity contribution in [2.45, 2.75) is 42.3 Å². The average Bonchev–Trinajstić information content (AvgIpc) is 2.91. The Morgan fingerprint density at radius 2 is 1.82 bits per heavy atom. The highest BCUT2D eigenvalue weighted by atomic mass is 32.2. The maximum atomic E-state index is 12.6. The van der Waals surface area contributed by atoms with Crippen LogP contribution in [-0.2, 0) is 15.9 Å². The first-order valence-electron chi connectivity index (χ1n) is 13.4. The quantitative estimate of drug-likeness (QED) is 0.353. The van der Waals surface area contributed by atoms with Gasteiger partial charge in [-0.1, -0.05) is 30.0 Å². The molecule has 8 heteroatoms. The minimum Gasteiger partial charge on any atom is -0.492 e. The Morgan fingerprint density at radius 3 is 2.63 bits per heavy atom. The van der Waals surface area contributed by atoms with Crippen LogP contribution >= 0.6 is 11.8 Å². The van der Waals surface area contributed by atoms with Crippen LogP contribution < -0.4 is 15.1 Å². The van der Waals surface area contributed by atoms with E-state index >= 15 is 0 Å². The van der Waals surface area contributed by atoms with Crippen molar-refractivity contribution in [3.63, 3.8) is 0 Å². The molecule has 2 aromatic carbocycles. The molecule has 2 atom stereocenters. The molecule has 38 heavy (non-hydrogen) atoms. The molecule has 0 saturated carbocycles. The molecule has 0 N–H and O–H groups in total. The van der Waals surface area contributed by atoms with Crippen molar-refractivity contribution in [2.75, 3.05) is 57.4 Å². The first-order valence-corrected chi connectivity index (χ1v) is 14.2. The molecular formula is C30H34N2O5S. The van der Waals surface area contributed by atoms with E-state index in [0.29, 0.717) is 31.5 Å². The van der Waals surface area contributed by atoms with Gasteiger partial charge in [-0.25, -0.2) is 0 Å². The Bertz CT molecular complexity index is 1340. The summed E-state index contributed by atoms with van der Waals surface area (Å²) in [5.74, 6) is 2.12. The zero-order chi connectivity index (χ0) is 26.1. The van der Waals surface area contributed by atoms with Crippen molar-refractivity contribution < 1.29 is 18.6 Å². The molecule has 3 aromatic rings. The average molecular weight is 535 g/mol. The number of hydrogen-bond donors (Lipinski definition) is 0. The normalized spacial score (nSPS) is 21.6. The monoisotopic (exact) mass is 534 g/mol. The van der Waals surface area contributed by atoms with Crippen LogP contribution in [0.25, 0.3) is 11.3 Å². The van der Waals surface area contributed by atoms with E-state index in [-0.39, 0.29) is 17.6 Å². The van der Waals surface area contributed by atoms with Gasteiger partial charge in [-0.15, -0.1) is 0 Å². The summed E-state index contributed by atoms with van der Waals surface area (Å²) < 4.78 is 23.7. The van der Waals surface area contributed by atoms with Crippen LogP contribution in [0, 0.1) is 0 Å². The predicted molar refractivity (Wildman–Crippen MR) is 149 cm³/mol. The molecule has 0 spiro atoms. The molecule has 2 saturated heterocycles.